The summed E-state index contributed by atoms with van der Waals surface area (Å²) in [6.07, 6.45) is -0.904. The molecule has 5 nitrogen and oxygen atoms in total. The number of nitrogens with zero attached hydrogens (tertiary/aromatic N) is 1. The van der Waals surface area contributed by atoms with E-state index in [9.17, 15) is 4.79 Å². The Bertz CT molecular complexity index is 1110. The summed E-state index contributed by atoms with van der Waals surface area (Å²) in [7, 11) is 0. The van der Waals surface area contributed by atoms with Crippen LogP contribution in [0.25, 0.3) is 10.9 Å². The van der Waals surface area contributed by atoms with E-state index in [1.165, 1.54) is 0 Å². The number of carbonyl (C=O) groups is 1. The molecule has 1 aliphatic rings. The molecule has 0 unspecified atom stereocenters. The number of rotatable bonds is 5. The molecule has 1 fully saturated rings. The van der Waals surface area contributed by atoms with E-state index in [4.69, 9.17) is 22.6 Å². The van der Waals surface area contributed by atoms with Crippen LogP contribution in [0, 0.1) is 0 Å². The van der Waals surface area contributed by atoms with Crippen LogP contribution < -0.4 is 5.31 Å². The Hall–Kier alpha value is -2.01. The third-order valence-corrected chi connectivity index (χ3v) is 3.07. The van der Waals surface area contributed by atoms with Gasteiger partial charge in [0.05, 0.1) is 10.2 Å². The molecule has 0 aliphatic carbocycles. The van der Waals surface area contributed by atoms with Crippen molar-refractivity contribution in [3.63, 3.8) is 0 Å². The zero-order valence-electron chi connectivity index (χ0n) is 23.9. The lowest BCUT2D eigenvalue weighted by Gasteiger charge is -2.09. The lowest BCUT2D eigenvalue weighted by atomic mass is 10.0. The highest BCUT2D eigenvalue weighted by atomic mass is 16.6. The van der Waals surface area contributed by atoms with Crippen molar-refractivity contribution >= 4 is 17.0 Å². The minimum Gasteiger partial charge on any atom is -0.447 e. The highest BCUT2D eigenvalue weighted by Gasteiger charge is 2.22. The van der Waals surface area contributed by atoms with Crippen LogP contribution >= 0.6 is 0 Å². The number of aromatic nitrogens is 1. The van der Waals surface area contributed by atoms with Crippen LogP contribution in [-0.4, -0.2) is 49.1 Å². The summed E-state index contributed by atoms with van der Waals surface area (Å²) in [5.74, 6) is 0. The number of alkyl carbamates (subject to hydrolysis) is 1. The molecule has 21 heavy (non-hydrogen) atoms. The molecule has 1 aromatic carbocycles. The standard InChI is InChI=1S/C16H21N3O2/c1-19(2)6-5-12-9-17-15-4-3-11(8-14(12)15)7-13-10-21-16(20)18-13/h3-4,8-9,13,17H,5-7,10H2,1-2H3,(H,18,20)/t13-/m0/s1/i1D3,2D3,3D,4D,6D2,8D/hD2. The SMILES string of the molecule is [2H]c1c(C[C@H]2COC(=O)N2[2H])c([2H])c2c(CC([2H])([2H])N(C([2H])([2H])[2H])C([2H])([2H])[2H])cn([2H])c2c1[2H]. The van der Waals surface area contributed by atoms with Gasteiger partial charge in [0.25, 0.3) is 0 Å². The predicted octanol–water partition coefficient (Wildman–Crippen LogP) is 1.92. The first-order valence-corrected chi connectivity index (χ1v) is 6.25. The third kappa shape index (κ3) is 3.19. The molecule has 0 radical (unpaired) electrons. The topological polar surface area (TPSA) is 57.4 Å². The highest BCUT2D eigenvalue weighted by molar-refractivity contribution is 5.84. The average molecular weight is 300 g/mol. The van der Waals surface area contributed by atoms with Crippen molar-refractivity contribution in [1.29, 1.82) is 0 Å². The van der Waals surface area contributed by atoms with Gasteiger partial charge in [0, 0.05) is 34.6 Å². The van der Waals surface area contributed by atoms with E-state index in [1.807, 2.05) is 0 Å². The molecule has 1 aliphatic heterocycles. The molecule has 2 N–H and O–H groups in total. The molecule has 0 spiro atoms. The molecule has 1 aromatic heterocycles. The van der Waals surface area contributed by atoms with Crippen LogP contribution in [0.1, 0.15) is 26.2 Å². The van der Waals surface area contributed by atoms with E-state index < -0.39 is 51.1 Å². The second-order valence-corrected chi connectivity index (χ2v) is 4.59. The highest BCUT2D eigenvalue weighted by Crippen LogP contribution is 2.21. The van der Waals surface area contributed by atoms with Gasteiger partial charge in [-0.3, -0.25) is 0 Å². The van der Waals surface area contributed by atoms with Gasteiger partial charge in [0.1, 0.15) is 6.61 Å². The molecular formula is C16H21N3O2. The first-order valence-electron chi connectivity index (χ1n) is 12.6. The fourth-order valence-corrected chi connectivity index (χ4v) is 2.11. The van der Waals surface area contributed by atoms with Crippen molar-refractivity contribution in [2.45, 2.75) is 18.9 Å². The number of hydrogen-bond donors (Lipinski definition) is 2. The van der Waals surface area contributed by atoms with Crippen molar-refractivity contribution in [3.8, 4) is 0 Å². The minimum atomic E-state index is -3.33. The summed E-state index contributed by atoms with van der Waals surface area (Å²) >= 11 is 0. The molecule has 2 aromatic rings. The van der Waals surface area contributed by atoms with E-state index in [1.54, 1.807) is 0 Å². The second-order valence-electron chi connectivity index (χ2n) is 4.59. The van der Waals surface area contributed by atoms with Crippen LogP contribution in [0.15, 0.2) is 24.3 Å². The zero-order valence-corrected chi connectivity index (χ0v) is 10.9. The Kier molecular flexibility index (Phi) is 1.46. The van der Waals surface area contributed by atoms with Gasteiger partial charge >= 0.3 is 6.09 Å². The van der Waals surface area contributed by atoms with Crippen LogP contribution in [0.3, 0.4) is 0 Å². The molecule has 112 valence electrons. The number of fused-ring (bicyclic) bond motifs is 1. The average Bonchev–Trinajstić information content (AvgIpc) is 3.13. The number of aromatic amines is 1. The maximum atomic E-state index is 11.5. The fraction of sp³-hybridized carbons (Fsp3) is 0.438. The molecule has 3 rings (SSSR count). The van der Waals surface area contributed by atoms with E-state index in [0.29, 0.717) is 10.3 Å². The molecule has 0 saturated carbocycles. The van der Waals surface area contributed by atoms with Crippen molar-refractivity contribution in [3.05, 3.63) is 35.5 Å². The van der Waals surface area contributed by atoms with E-state index in [0.717, 1.165) is 6.20 Å². The molecule has 0 bridgehead atoms. The molecule has 2 heterocycles. The summed E-state index contributed by atoms with van der Waals surface area (Å²) in [6, 6.07) is -2.09. The molecule has 1 atom stereocenters. The Balaban J connectivity index is 2.14. The van der Waals surface area contributed by atoms with E-state index in [-0.39, 0.29) is 46.0 Å². The number of hydrogen-bond acceptors (Lipinski definition) is 3. The molecule has 5 heteroatoms. The Morgan fingerprint density at radius 2 is 2.52 bits per heavy atom. The number of benzene rings is 1. The van der Waals surface area contributed by atoms with Crippen molar-refractivity contribution in [2.24, 2.45) is 0 Å². The van der Waals surface area contributed by atoms with Crippen molar-refractivity contribution < 1.29 is 27.4 Å². The fourth-order valence-electron chi connectivity index (χ4n) is 2.11. The van der Waals surface area contributed by atoms with E-state index in [2.05, 4.69) is 0 Å². The number of H-pyrrole nitrogens is 1. The third-order valence-electron chi connectivity index (χ3n) is 3.07. The first-order chi connectivity index (χ1) is 15.4. The van der Waals surface area contributed by atoms with Crippen LogP contribution in [-0.2, 0) is 17.6 Å². The summed E-state index contributed by atoms with van der Waals surface area (Å²) in [4.78, 5) is 11.9. The Morgan fingerprint density at radius 1 is 1.62 bits per heavy atom. The lowest BCUT2D eigenvalue weighted by molar-refractivity contribution is 0.177. The van der Waals surface area contributed by atoms with Gasteiger partial charge in [0.2, 0.25) is 0 Å². The molecular weight excluding hydrogens is 266 g/mol. The van der Waals surface area contributed by atoms with Crippen LogP contribution in [0.4, 0.5) is 4.79 Å². The largest absolute Gasteiger partial charge is 0.447 e. The normalized spacial score (nSPS) is 29.6. The number of nitrogens with one attached hydrogen (secondary N) is 2. The van der Waals surface area contributed by atoms with Gasteiger partial charge in [-0.1, -0.05) is 6.04 Å². The summed E-state index contributed by atoms with van der Waals surface area (Å²) in [5, 5.41) is 0.430. The first kappa shape index (κ1) is 5.32. The molecule has 1 saturated heterocycles. The Morgan fingerprint density at radius 3 is 3.29 bits per heavy atom. The summed E-state index contributed by atoms with van der Waals surface area (Å²) < 4.78 is 107. The number of carbonyl (C=O) groups excluding carboxylic acids is 1. The van der Waals surface area contributed by atoms with Crippen LogP contribution in [0.5, 0.6) is 0 Å². The van der Waals surface area contributed by atoms with Crippen molar-refractivity contribution in [1.82, 2.24) is 15.2 Å². The van der Waals surface area contributed by atoms with Gasteiger partial charge < -0.3 is 19.9 Å². The van der Waals surface area contributed by atoms with Crippen molar-refractivity contribution in [2.75, 3.05) is 27.1 Å². The monoisotopic (exact) mass is 300 g/mol. The number of ether oxygens (including phenoxy) is 1. The quantitative estimate of drug-likeness (QED) is 0.887. The lowest BCUT2D eigenvalue weighted by Crippen LogP contribution is -2.28. The van der Waals surface area contributed by atoms with Crippen LogP contribution in [0.2, 0.25) is 2.82 Å². The van der Waals surface area contributed by atoms with Gasteiger partial charge in [-0.25, -0.2) is 4.79 Å². The Labute approximate surface area is 142 Å². The minimum absolute atomic E-state index is 0.0467. The van der Waals surface area contributed by atoms with E-state index >= 15 is 0 Å². The maximum Gasteiger partial charge on any atom is 0.407 e. The predicted molar refractivity (Wildman–Crippen MR) is 82.5 cm³/mol. The van der Waals surface area contributed by atoms with Gasteiger partial charge in [-0.15, -0.1) is 0 Å². The smallest absolute Gasteiger partial charge is 0.407 e. The van der Waals surface area contributed by atoms with Gasteiger partial charge in [-0.05, 0) is 50.0 Å². The number of likely N-dealkylation sites (N-methyl/N-ethyl adjacent to an activating group) is 1. The number of amides is 1. The van der Waals surface area contributed by atoms with Gasteiger partial charge in [-0.2, -0.15) is 0 Å². The van der Waals surface area contributed by atoms with Gasteiger partial charge in [0.15, 0.2) is 2.82 Å². The number of aryl methyl sites for hydroxylation is 1. The second kappa shape index (κ2) is 5.77. The maximum absolute atomic E-state index is 11.5. The zero-order chi connectivity index (χ0) is 26.0. The summed E-state index contributed by atoms with van der Waals surface area (Å²) in [6.45, 7) is -9.80. The molecule has 1 amide bonds. The number of cyclic esters (lactones) is 1. The summed E-state index contributed by atoms with van der Waals surface area (Å²) in [5.41, 5.74) is -0.357.